The maximum absolute atomic E-state index is 13.0. The summed E-state index contributed by atoms with van der Waals surface area (Å²) < 4.78 is 68.2. The smallest absolute Gasteiger partial charge is 0.462 e. The number of carbonyl (C=O) groups is 4. The summed E-state index contributed by atoms with van der Waals surface area (Å²) in [6.07, 6.45) is 45.8. The topological polar surface area (TPSA) is 237 Å². The molecule has 0 saturated carbocycles. The van der Waals surface area contributed by atoms with Crippen LogP contribution in [0.15, 0.2) is 0 Å². The minimum atomic E-state index is -4.95. The number of phosphoric acid groups is 2. The van der Waals surface area contributed by atoms with Crippen molar-refractivity contribution in [2.75, 3.05) is 39.6 Å². The highest BCUT2D eigenvalue weighted by Crippen LogP contribution is 2.45. The van der Waals surface area contributed by atoms with E-state index < -0.39 is 97.5 Å². The molecule has 2 unspecified atom stereocenters. The van der Waals surface area contributed by atoms with Crippen LogP contribution in [0.4, 0.5) is 0 Å². The van der Waals surface area contributed by atoms with Gasteiger partial charge in [-0.1, -0.05) is 298 Å². The van der Waals surface area contributed by atoms with Gasteiger partial charge in [-0.25, -0.2) is 9.13 Å². The summed E-state index contributed by atoms with van der Waals surface area (Å²) in [5.74, 6) is -0.680. The molecule has 0 aliphatic carbocycles. The Kier molecular flexibility index (Phi) is 59.9. The Bertz CT molecular complexity index is 1720. The predicted molar refractivity (Wildman–Crippen MR) is 354 cm³/mol. The number of esters is 4. The molecule has 0 aromatic carbocycles. The lowest BCUT2D eigenvalue weighted by Crippen LogP contribution is -2.30. The van der Waals surface area contributed by atoms with Crippen LogP contribution >= 0.6 is 15.6 Å². The highest BCUT2D eigenvalue weighted by molar-refractivity contribution is 7.47. The summed E-state index contributed by atoms with van der Waals surface area (Å²) >= 11 is 0. The van der Waals surface area contributed by atoms with Crippen molar-refractivity contribution in [1.82, 2.24) is 0 Å². The Morgan fingerprint density at radius 3 is 0.773 bits per heavy atom. The van der Waals surface area contributed by atoms with Crippen molar-refractivity contribution < 1.29 is 80.2 Å². The molecule has 0 rings (SSSR count). The fraction of sp³-hybridized carbons (Fsp3) is 0.942. The summed E-state index contributed by atoms with van der Waals surface area (Å²) in [5.41, 5.74) is 0. The summed E-state index contributed by atoms with van der Waals surface area (Å²) in [7, 11) is -9.90. The van der Waals surface area contributed by atoms with E-state index in [9.17, 15) is 43.2 Å². The van der Waals surface area contributed by atoms with Crippen molar-refractivity contribution in [3.63, 3.8) is 0 Å². The van der Waals surface area contributed by atoms with Crippen molar-refractivity contribution >= 4 is 39.5 Å². The number of aliphatic hydroxyl groups is 1. The molecule has 0 aromatic rings. The number of hydrogen-bond donors (Lipinski definition) is 3. The Morgan fingerprint density at radius 1 is 0.307 bits per heavy atom. The zero-order valence-electron chi connectivity index (χ0n) is 57.0. The first-order valence-corrected chi connectivity index (χ1v) is 39.0. The monoisotopic (exact) mass is 1300 g/mol. The molecule has 0 amide bonds. The Hall–Kier alpha value is -1.94. The van der Waals surface area contributed by atoms with Crippen molar-refractivity contribution in [1.29, 1.82) is 0 Å². The molecule has 0 spiro atoms. The average molecular weight is 1300 g/mol. The van der Waals surface area contributed by atoms with Crippen molar-refractivity contribution in [3.8, 4) is 0 Å². The van der Waals surface area contributed by atoms with Gasteiger partial charge in [-0.2, -0.15) is 0 Å². The van der Waals surface area contributed by atoms with Crippen LogP contribution < -0.4 is 0 Å². The lowest BCUT2D eigenvalue weighted by Gasteiger charge is -2.21. The second-order valence-electron chi connectivity index (χ2n) is 25.9. The van der Waals surface area contributed by atoms with Crippen molar-refractivity contribution in [3.05, 3.63) is 0 Å². The summed E-state index contributed by atoms with van der Waals surface area (Å²) in [5, 5.41) is 10.6. The maximum Gasteiger partial charge on any atom is 0.472 e. The van der Waals surface area contributed by atoms with Gasteiger partial charge in [-0.05, 0) is 37.5 Å². The highest BCUT2D eigenvalue weighted by Gasteiger charge is 2.30. The number of carbonyl (C=O) groups excluding carboxylic acids is 4. The number of aliphatic hydroxyl groups excluding tert-OH is 1. The normalized spacial score (nSPS) is 14.2. The Labute approximate surface area is 537 Å². The lowest BCUT2D eigenvalue weighted by atomic mass is 10.0. The zero-order chi connectivity index (χ0) is 65.0. The van der Waals surface area contributed by atoms with Crippen LogP contribution in [0.1, 0.15) is 350 Å². The number of rotatable bonds is 68. The Balaban J connectivity index is 5.24. The molecule has 3 N–H and O–H groups in total. The summed E-state index contributed by atoms with van der Waals surface area (Å²) in [6, 6.07) is 0. The van der Waals surface area contributed by atoms with E-state index in [4.69, 9.17) is 37.0 Å². The molecule has 19 heteroatoms. The maximum atomic E-state index is 13.0. The van der Waals surface area contributed by atoms with Crippen LogP contribution in [0, 0.1) is 11.8 Å². The van der Waals surface area contributed by atoms with Gasteiger partial charge in [0.2, 0.25) is 0 Å². The first kappa shape index (κ1) is 86.1. The largest absolute Gasteiger partial charge is 0.472 e. The van der Waals surface area contributed by atoms with Gasteiger partial charge in [0.25, 0.3) is 0 Å². The van der Waals surface area contributed by atoms with E-state index in [0.717, 1.165) is 102 Å². The highest BCUT2D eigenvalue weighted by atomic mass is 31.2. The molecule has 5 atom stereocenters. The molecule has 0 aliphatic heterocycles. The second kappa shape index (κ2) is 61.3. The molecular formula is C69H134O17P2. The van der Waals surface area contributed by atoms with Gasteiger partial charge in [-0.15, -0.1) is 0 Å². The van der Waals surface area contributed by atoms with Crippen molar-refractivity contribution in [2.45, 2.75) is 368 Å². The number of hydrogen-bond acceptors (Lipinski definition) is 15. The second-order valence-corrected chi connectivity index (χ2v) is 28.8. The lowest BCUT2D eigenvalue weighted by molar-refractivity contribution is -0.161. The van der Waals surface area contributed by atoms with Gasteiger partial charge >= 0.3 is 39.5 Å². The van der Waals surface area contributed by atoms with E-state index in [1.165, 1.54) is 161 Å². The number of ether oxygens (including phenoxy) is 4. The third-order valence-electron chi connectivity index (χ3n) is 16.0. The van der Waals surface area contributed by atoms with Crippen LogP contribution in [-0.2, 0) is 65.4 Å². The van der Waals surface area contributed by atoms with Gasteiger partial charge in [0.05, 0.1) is 26.4 Å². The summed E-state index contributed by atoms with van der Waals surface area (Å²) in [4.78, 5) is 72.5. The van der Waals surface area contributed by atoms with E-state index in [-0.39, 0.29) is 25.7 Å². The van der Waals surface area contributed by atoms with Gasteiger partial charge in [-0.3, -0.25) is 37.3 Å². The number of unbranched alkanes of at least 4 members (excludes halogenated alkanes) is 38. The van der Waals surface area contributed by atoms with Crippen LogP contribution in [0.2, 0.25) is 0 Å². The molecule has 0 heterocycles. The molecular weight excluding hydrogens is 1160 g/mol. The van der Waals surface area contributed by atoms with Crippen LogP contribution in [0.3, 0.4) is 0 Å². The van der Waals surface area contributed by atoms with Gasteiger partial charge in [0.15, 0.2) is 12.2 Å². The fourth-order valence-corrected chi connectivity index (χ4v) is 12.0. The van der Waals surface area contributed by atoms with Gasteiger partial charge in [0.1, 0.15) is 19.3 Å². The Morgan fingerprint density at radius 2 is 0.523 bits per heavy atom. The standard InChI is InChI=1S/C69H134O17P2/c1-7-9-11-13-15-17-19-21-25-28-32-39-45-51-66(71)79-57-64(85-69(74)54-48-42-34-30-26-22-23-27-31-37-43-49-61(3)4)59-83-87(75,76)81-55-63(70)56-82-88(77,78)84-60-65(58-80-67(72)52-46-40-36-35-38-44-50-62(5)6)86-68(73)53-47-41-33-29-24-20-18-16-14-12-10-8-2/h61-65,70H,7-60H2,1-6H3,(H,75,76)(H,77,78)/t63-,64-,65-/m1/s1. The van der Waals surface area contributed by atoms with E-state index in [2.05, 4.69) is 41.5 Å². The first-order valence-electron chi connectivity index (χ1n) is 36.0. The molecule has 0 fully saturated rings. The van der Waals surface area contributed by atoms with Gasteiger partial charge in [0, 0.05) is 25.7 Å². The third-order valence-corrected chi connectivity index (χ3v) is 17.9. The number of phosphoric ester groups is 2. The minimum absolute atomic E-state index is 0.106. The quantitative estimate of drug-likeness (QED) is 0.0222. The fourth-order valence-electron chi connectivity index (χ4n) is 10.4. The molecule has 522 valence electrons. The van der Waals surface area contributed by atoms with Crippen LogP contribution in [-0.4, -0.2) is 96.7 Å². The molecule has 0 aromatic heterocycles. The van der Waals surface area contributed by atoms with E-state index in [0.29, 0.717) is 31.6 Å². The van der Waals surface area contributed by atoms with E-state index in [1.807, 2.05) is 0 Å². The van der Waals surface area contributed by atoms with E-state index in [1.54, 1.807) is 0 Å². The molecule has 0 saturated heterocycles. The summed E-state index contributed by atoms with van der Waals surface area (Å²) in [6.45, 7) is 9.46. The molecule has 0 radical (unpaired) electrons. The predicted octanol–water partition coefficient (Wildman–Crippen LogP) is 19.6. The minimum Gasteiger partial charge on any atom is -0.462 e. The first-order chi connectivity index (χ1) is 42.4. The van der Waals surface area contributed by atoms with Gasteiger partial charge < -0.3 is 33.8 Å². The zero-order valence-corrected chi connectivity index (χ0v) is 58.8. The van der Waals surface area contributed by atoms with Crippen LogP contribution in [0.25, 0.3) is 0 Å². The SMILES string of the molecule is CCCCCCCCCCCCCCCC(=O)OC[C@H](COP(=O)(O)OC[C@@H](O)COP(=O)(O)OC[C@@H](COC(=O)CCCCCCCCC(C)C)OC(=O)CCCCCCCCCCCCCC)OC(=O)CCCCCCCCCCCCCC(C)C. The molecule has 0 aliphatic rings. The molecule has 0 bridgehead atoms. The van der Waals surface area contributed by atoms with Crippen LogP contribution in [0.5, 0.6) is 0 Å². The van der Waals surface area contributed by atoms with Crippen molar-refractivity contribution in [2.24, 2.45) is 11.8 Å². The average Bonchev–Trinajstić information content (AvgIpc) is 3.70. The third kappa shape index (κ3) is 62.8. The molecule has 88 heavy (non-hydrogen) atoms. The van der Waals surface area contributed by atoms with E-state index >= 15 is 0 Å². The molecule has 17 nitrogen and oxygen atoms in total.